The molecule has 2 aromatic carbocycles. The van der Waals surface area contributed by atoms with Crippen LogP contribution in [0.5, 0.6) is 0 Å². The summed E-state index contributed by atoms with van der Waals surface area (Å²) in [7, 11) is 0. The number of fused-ring (bicyclic) bond motifs is 3. The van der Waals surface area contributed by atoms with E-state index < -0.39 is 17.5 Å². The molecule has 0 spiro atoms. The minimum Gasteiger partial charge on any atom is -0.466 e. The fourth-order valence-corrected chi connectivity index (χ4v) is 4.27. The highest BCUT2D eigenvalue weighted by Crippen LogP contribution is 2.39. The van der Waals surface area contributed by atoms with E-state index in [9.17, 15) is 9.59 Å². The normalized spacial score (nSPS) is 16.6. The molecule has 1 aliphatic heterocycles. The van der Waals surface area contributed by atoms with E-state index in [1.54, 1.807) is 37.5 Å². The lowest BCUT2D eigenvalue weighted by Crippen LogP contribution is -2.39. The zero-order valence-corrected chi connectivity index (χ0v) is 20.0. The van der Waals surface area contributed by atoms with Crippen LogP contribution >= 0.6 is 11.6 Å². The zero-order valence-electron chi connectivity index (χ0n) is 19.2. The molecule has 0 fully saturated rings. The Kier molecular flexibility index (Phi) is 6.79. The van der Waals surface area contributed by atoms with Crippen molar-refractivity contribution in [2.75, 3.05) is 13.2 Å². The van der Waals surface area contributed by atoms with E-state index >= 15 is 0 Å². The highest BCUT2D eigenvalue weighted by molar-refractivity contribution is 6.31. The summed E-state index contributed by atoms with van der Waals surface area (Å²) < 4.78 is 12.4. The molecule has 0 N–H and O–H groups in total. The molecule has 0 saturated heterocycles. The average Bonchev–Trinajstić information content (AvgIpc) is 3.16. The lowest BCUT2D eigenvalue weighted by molar-refractivity contribution is -0.151. The van der Waals surface area contributed by atoms with Gasteiger partial charge in [-0.15, -0.1) is 10.2 Å². The van der Waals surface area contributed by atoms with E-state index in [4.69, 9.17) is 26.1 Å². The molecule has 0 aliphatic carbocycles. The highest BCUT2D eigenvalue weighted by Gasteiger charge is 2.49. The van der Waals surface area contributed by atoms with Crippen molar-refractivity contribution in [3.05, 3.63) is 76.3 Å². The van der Waals surface area contributed by atoms with Crippen LogP contribution in [0.1, 0.15) is 49.5 Å². The van der Waals surface area contributed by atoms with Gasteiger partial charge in [-0.1, -0.05) is 41.9 Å². The number of esters is 2. The Balaban J connectivity index is 2.05. The number of halogens is 1. The Morgan fingerprint density at radius 2 is 1.76 bits per heavy atom. The van der Waals surface area contributed by atoms with Crippen LogP contribution in [0.25, 0.3) is 5.69 Å². The van der Waals surface area contributed by atoms with E-state index in [0.29, 0.717) is 22.1 Å². The van der Waals surface area contributed by atoms with Gasteiger partial charge >= 0.3 is 11.9 Å². The number of carbonyl (C=O) groups excluding carboxylic acids is 2. The van der Waals surface area contributed by atoms with Crippen LogP contribution in [0.3, 0.4) is 0 Å². The van der Waals surface area contributed by atoms with Crippen LogP contribution in [0.15, 0.2) is 53.5 Å². The van der Waals surface area contributed by atoms with Crippen LogP contribution in [0.2, 0.25) is 5.02 Å². The minimum atomic E-state index is -1.62. The number of nitrogens with zero attached hydrogens (tertiary/aromatic N) is 4. The van der Waals surface area contributed by atoms with Gasteiger partial charge in [0, 0.05) is 29.0 Å². The first-order valence-corrected chi connectivity index (χ1v) is 11.5. The standard InChI is InChI=1S/C25H25ClN4O4/c1-4-33-21(31)13-14-25(24(32)34-5-2)23-29-28-16(3)30(23)20-12-11-18(26)15-19(20)22(27-25)17-9-7-6-8-10-17/h6-12,15H,4-5,13-14H2,1-3H3. The highest BCUT2D eigenvalue weighted by atomic mass is 35.5. The van der Waals surface area contributed by atoms with Gasteiger partial charge in [0.2, 0.25) is 5.54 Å². The number of benzene rings is 2. The molecular formula is C25H25ClN4O4. The molecule has 1 aliphatic rings. The summed E-state index contributed by atoms with van der Waals surface area (Å²) in [5, 5.41) is 9.13. The van der Waals surface area contributed by atoms with Crippen molar-refractivity contribution >= 4 is 29.3 Å². The Labute approximate surface area is 202 Å². The van der Waals surface area contributed by atoms with E-state index in [2.05, 4.69) is 10.2 Å². The molecule has 8 nitrogen and oxygen atoms in total. The molecule has 2 heterocycles. The van der Waals surface area contributed by atoms with E-state index in [-0.39, 0.29) is 31.9 Å². The molecule has 0 radical (unpaired) electrons. The lowest BCUT2D eigenvalue weighted by atomic mass is 9.91. The predicted molar refractivity (Wildman–Crippen MR) is 127 cm³/mol. The van der Waals surface area contributed by atoms with Gasteiger partial charge in [-0.25, -0.2) is 4.79 Å². The van der Waals surface area contributed by atoms with Crippen LogP contribution in [-0.4, -0.2) is 45.6 Å². The molecule has 3 aromatic rings. The maximum atomic E-state index is 13.6. The largest absolute Gasteiger partial charge is 0.466 e. The van der Waals surface area contributed by atoms with Crippen LogP contribution in [0, 0.1) is 6.92 Å². The van der Waals surface area contributed by atoms with Crippen molar-refractivity contribution in [1.29, 1.82) is 0 Å². The summed E-state index contributed by atoms with van der Waals surface area (Å²) in [6.07, 6.45) is -0.0535. The number of aliphatic imine (C=N–C) groups is 1. The summed E-state index contributed by atoms with van der Waals surface area (Å²) in [5.74, 6) is -0.203. The quantitative estimate of drug-likeness (QED) is 0.471. The van der Waals surface area contributed by atoms with Crippen LogP contribution in [0.4, 0.5) is 0 Å². The van der Waals surface area contributed by atoms with Gasteiger partial charge in [0.25, 0.3) is 0 Å². The predicted octanol–water partition coefficient (Wildman–Crippen LogP) is 4.18. The first-order valence-electron chi connectivity index (χ1n) is 11.1. The minimum absolute atomic E-state index is 0.000848. The molecule has 1 aromatic heterocycles. The van der Waals surface area contributed by atoms with Crippen molar-refractivity contribution in [1.82, 2.24) is 14.8 Å². The van der Waals surface area contributed by atoms with Crippen molar-refractivity contribution in [3.63, 3.8) is 0 Å². The van der Waals surface area contributed by atoms with Crippen LogP contribution in [-0.2, 0) is 24.6 Å². The number of aromatic nitrogens is 3. The van der Waals surface area contributed by atoms with Gasteiger partial charge in [-0.05, 0) is 39.0 Å². The summed E-state index contributed by atoms with van der Waals surface area (Å²) >= 11 is 6.40. The zero-order chi connectivity index (χ0) is 24.3. The molecule has 34 heavy (non-hydrogen) atoms. The van der Waals surface area contributed by atoms with E-state index in [1.807, 2.05) is 36.4 Å². The van der Waals surface area contributed by atoms with Gasteiger partial charge in [0.15, 0.2) is 5.82 Å². The molecule has 176 valence electrons. The van der Waals surface area contributed by atoms with Gasteiger partial charge < -0.3 is 9.47 Å². The fourth-order valence-electron chi connectivity index (χ4n) is 4.10. The van der Waals surface area contributed by atoms with Crippen molar-refractivity contribution in [2.45, 2.75) is 39.2 Å². The third-order valence-corrected chi connectivity index (χ3v) is 5.84. The number of carbonyl (C=O) groups is 2. The molecule has 4 rings (SSSR count). The summed E-state index contributed by atoms with van der Waals surface area (Å²) in [6.45, 7) is 5.63. The van der Waals surface area contributed by atoms with Crippen molar-refractivity contribution in [3.8, 4) is 5.69 Å². The summed E-state index contributed by atoms with van der Waals surface area (Å²) in [5.41, 5.74) is 1.14. The molecule has 0 saturated carbocycles. The molecule has 1 atom stereocenters. The number of ether oxygens (including phenoxy) is 2. The van der Waals surface area contributed by atoms with Gasteiger partial charge in [0.05, 0.1) is 24.6 Å². The number of aryl methyl sites for hydroxylation is 1. The topological polar surface area (TPSA) is 95.7 Å². The van der Waals surface area contributed by atoms with Crippen molar-refractivity contribution in [2.24, 2.45) is 4.99 Å². The van der Waals surface area contributed by atoms with Gasteiger partial charge in [-0.3, -0.25) is 14.4 Å². The first kappa shape index (κ1) is 23.6. The molecule has 9 heteroatoms. The second kappa shape index (κ2) is 9.77. The maximum Gasteiger partial charge on any atom is 0.342 e. The SMILES string of the molecule is CCOC(=O)CCC1(C(=O)OCC)N=C(c2ccccc2)c2cc(Cl)ccc2-n2c(C)nnc21. The monoisotopic (exact) mass is 480 g/mol. The third kappa shape index (κ3) is 4.21. The Hall–Kier alpha value is -3.52. The average molecular weight is 481 g/mol. The summed E-state index contributed by atoms with van der Waals surface area (Å²) in [4.78, 5) is 31.0. The summed E-state index contributed by atoms with van der Waals surface area (Å²) in [6, 6.07) is 14.9. The van der Waals surface area contributed by atoms with Gasteiger partial charge in [0.1, 0.15) is 5.82 Å². The number of rotatable bonds is 7. The second-order valence-electron chi connectivity index (χ2n) is 7.78. The Morgan fingerprint density at radius 3 is 2.47 bits per heavy atom. The van der Waals surface area contributed by atoms with E-state index in [0.717, 1.165) is 11.3 Å². The smallest absolute Gasteiger partial charge is 0.342 e. The molecular weight excluding hydrogens is 456 g/mol. The molecule has 0 amide bonds. The lowest BCUT2D eigenvalue weighted by Gasteiger charge is -2.26. The first-order chi connectivity index (χ1) is 16.4. The number of hydrogen-bond donors (Lipinski definition) is 0. The molecule has 1 unspecified atom stereocenters. The van der Waals surface area contributed by atoms with E-state index in [1.165, 1.54) is 0 Å². The fraction of sp³-hybridized carbons (Fsp3) is 0.320. The maximum absolute atomic E-state index is 13.6. The van der Waals surface area contributed by atoms with Crippen molar-refractivity contribution < 1.29 is 19.1 Å². The third-order valence-electron chi connectivity index (χ3n) is 5.61. The Bertz CT molecular complexity index is 1260. The second-order valence-corrected chi connectivity index (χ2v) is 8.22. The van der Waals surface area contributed by atoms with Crippen LogP contribution < -0.4 is 0 Å². The number of hydrogen-bond acceptors (Lipinski definition) is 7. The van der Waals surface area contributed by atoms with Gasteiger partial charge in [-0.2, -0.15) is 0 Å². The Morgan fingerprint density at radius 1 is 1.03 bits per heavy atom. The molecule has 0 bridgehead atoms.